The summed E-state index contributed by atoms with van der Waals surface area (Å²) in [6.45, 7) is 0. The fraction of sp³-hybridized carbons (Fsp3) is 1.00. The van der Waals surface area contributed by atoms with Crippen LogP contribution in [0, 0.1) is 0 Å². The highest BCUT2D eigenvalue weighted by atomic mass is 35.5. The maximum Gasteiger partial charge on any atom is 0.287 e. The second-order valence-electron chi connectivity index (χ2n) is 1.20. The maximum absolute atomic E-state index is 11.8. The van der Waals surface area contributed by atoms with Crippen molar-refractivity contribution in [1.29, 1.82) is 0 Å². The van der Waals surface area contributed by atoms with Crippen molar-refractivity contribution in [2.45, 2.75) is 11.6 Å². The van der Waals surface area contributed by atoms with Crippen molar-refractivity contribution >= 4 is 23.2 Å². The largest absolute Gasteiger partial charge is 0.287 e. The van der Waals surface area contributed by atoms with Gasteiger partial charge in [-0.2, -0.15) is 0 Å². The molecule has 0 aromatic carbocycles. The molecule has 0 rings (SSSR count). The average Bonchev–Trinajstić information content (AvgIpc) is 1.67. The molecule has 8 heavy (non-hydrogen) atoms. The van der Waals surface area contributed by atoms with Crippen LogP contribution in [0.1, 0.15) is 0 Å². The van der Waals surface area contributed by atoms with E-state index in [2.05, 4.69) is 11.6 Å². The minimum absolute atomic E-state index is 0.897. The molecule has 0 aliphatic heterocycles. The molecule has 0 aromatic rings. The molecule has 0 spiro atoms. The molecular weight excluding hydrogens is 164 g/mol. The molecule has 0 fully saturated rings. The van der Waals surface area contributed by atoms with Crippen LogP contribution in [-0.4, -0.2) is 17.4 Å². The van der Waals surface area contributed by atoms with E-state index in [0.29, 0.717) is 0 Å². The summed E-state index contributed by atoms with van der Waals surface area (Å²) < 4.78 is 34.3. The topological polar surface area (TPSA) is 0 Å². The highest BCUT2D eigenvalue weighted by Gasteiger charge is 2.36. The monoisotopic (exact) mass is 166 g/mol. The van der Waals surface area contributed by atoms with Gasteiger partial charge in [0, 0.05) is 0 Å². The first-order chi connectivity index (χ1) is 3.50. The van der Waals surface area contributed by atoms with E-state index >= 15 is 0 Å². The van der Waals surface area contributed by atoms with Gasteiger partial charge in [-0.15, -0.1) is 11.6 Å². The van der Waals surface area contributed by atoms with Gasteiger partial charge in [0.05, 0.1) is 5.88 Å². The maximum atomic E-state index is 11.8. The third-order valence-electron chi connectivity index (χ3n) is 0.497. The van der Waals surface area contributed by atoms with Crippen LogP contribution in [0.2, 0.25) is 0 Å². The zero-order valence-corrected chi connectivity index (χ0v) is 5.19. The first-order valence-electron chi connectivity index (χ1n) is 1.72. The van der Waals surface area contributed by atoms with E-state index in [1.54, 1.807) is 0 Å². The summed E-state index contributed by atoms with van der Waals surface area (Å²) in [5, 5.41) is -3.05. The van der Waals surface area contributed by atoms with E-state index in [1.807, 2.05) is 0 Å². The van der Waals surface area contributed by atoms with E-state index in [-0.39, 0.29) is 0 Å². The number of hydrogen-bond acceptors (Lipinski definition) is 0. The molecule has 0 aliphatic rings. The summed E-state index contributed by atoms with van der Waals surface area (Å²) in [6.07, 6.45) is -3.22. The lowest BCUT2D eigenvalue weighted by Crippen LogP contribution is -2.26. The molecule has 0 saturated carbocycles. The Labute approximate surface area is 54.6 Å². The van der Waals surface area contributed by atoms with E-state index in [9.17, 15) is 13.2 Å². The van der Waals surface area contributed by atoms with Gasteiger partial charge >= 0.3 is 0 Å². The molecular formula is C3H3Cl2F3. The quantitative estimate of drug-likeness (QED) is 0.553. The molecule has 0 N–H and O–H groups in total. The number of rotatable bonds is 2. The van der Waals surface area contributed by atoms with Crippen LogP contribution in [0.25, 0.3) is 0 Å². The first kappa shape index (κ1) is 8.37. The molecule has 50 valence electrons. The first-order valence-corrected chi connectivity index (χ1v) is 2.64. The highest BCUT2D eigenvalue weighted by molar-refractivity contribution is 6.30. The Morgan fingerprint density at radius 1 is 1.50 bits per heavy atom. The molecule has 0 nitrogen and oxygen atoms in total. The molecule has 0 amide bonds. The van der Waals surface area contributed by atoms with Crippen molar-refractivity contribution in [3.8, 4) is 0 Å². The third-order valence-corrected chi connectivity index (χ3v) is 1.32. The van der Waals surface area contributed by atoms with Crippen LogP contribution >= 0.6 is 23.2 Å². The number of halogens is 5. The lowest BCUT2D eigenvalue weighted by molar-refractivity contribution is 0.0355. The second-order valence-corrected chi connectivity index (χ2v) is 2.09. The minimum Gasteiger partial charge on any atom is -0.219 e. The summed E-state index contributed by atoms with van der Waals surface area (Å²) in [6, 6.07) is 0. The van der Waals surface area contributed by atoms with Crippen molar-refractivity contribution in [1.82, 2.24) is 0 Å². The van der Waals surface area contributed by atoms with Gasteiger partial charge in [-0.25, -0.2) is 13.2 Å². The molecule has 1 unspecified atom stereocenters. The van der Waals surface area contributed by atoms with E-state index in [1.165, 1.54) is 0 Å². The van der Waals surface area contributed by atoms with Crippen molar-refractivity contribution in [3.05, 3.63) is 0 Å². The normalized spacial score (nSPS) is 18.8. The lowest BCUT2D eigenvalue weighted by atomic mass is 10.4. The molecule has 1 atom stereocenters. The van der Waals surface area contributed by atoms with Crippen molar-refractivity contribution < 1.29 is 13.2 Å². The average molecular weight is 167 g/mol. The molecule has 0 saturated heterocycles. The fourth-order valence-electron chi connectivity index (χ4n) is 0.0583. The minimum atomic E-state index is -3.22. The van der Waals surface area contributed by atoms with Crippen LogP contribution < -0.4 is 0 Å². The van der Waals surface area contributed by atoms with Gasteiger partial charge < -0.3 is 0 Å². The molecule has 0 aliphatic carbocycles. The number of hydrogen-bond donors (Lipinski definition) is 0. The molecule has 0 aromatic heterocycles. The zero-order valence-electron chi connectivity index (χ0n) is 3.67. The predicted molar refractivity (Wildman–Crippen MR) is 26.4 cm³/mol. The lowest BCUT2D eigenvalue weighted by Gasteiger charge is -2.11. The van der Waals surface area contributed by atoms with Crippen molar-refractivity contribution in [2.75, 3.05) is 5.88 Å². The van der Waals surface area contributed by atoms with E-state index in [4.69, 9.17) is 11.6 Å². The van der Waals surface area contributed by atoms with E-state index < -0.39 is 17.4 Å². The smallest absolute Gasteiger partial charge is 0.219 e. The fourth-order valence-corrected chi connectivity index (χ4v) is 0.175. The van der Waals surface area contributed by atoms with Gasteiger partial charge in [0.25, 0.3) is 11.6 Å². The van der Waals surface area contributed by atoms with Crippen LogP contribution in [-0.2, 0) is 0 Å². The Balaban J connectivity index is 3.71. The van der Waals surface area contributed by atoms with Gasteiger partial charge in [-0.05, 0) is 0 Å². The Morgan fingerprint density at radius 3 is 1.88 bits per heavy atom. The Kier molecular flexibility index (Phi) is 2.91. The van der Waals surface area contributed by atoms with Crippen LogP contribution in [0.5, 0.6) is 0 Å². The van der Waals surface area contributed by atoms with E-state index in [0.717, 1.165) is 0 Å². The van der Waals surface area contributed by atoms with Crippen LogP contribution in [0.4, 0.5) is 13.2 Å². The molecule has 0 heterocycles. The van der Waals surface area contributed by atoms with Gasteiger partial charge in [0.1, 0.15) is 0 Å². The van der Waals surface area contributed by atoms with Gasteiger partial charge in [-0.1, -0.05) is 11.6 Å². The summed E-state index contributed by atoms with van der Waals surface area (Å²) in [7, 11) is 0. The van der Waals surface area contributed by atoms with Gasteiger partial charge in [0.15, 0.2) is 0 Å². The summed E-state index contributed by atoms with van der Waals surface area (Å²) in [5.41, 5.74) is 0. The van der Waals surface area contributed by atoms with Gasteiger partial charge in [0.2, 0.25) is 0 Å². The van der Waals surface area contributed by atoms with Crippen LogP contribution in [0.15, 0.2) is 0 Å². The highest BCUT2D eigenvalue weighted by Crippen LogP contribution is 2.26. The Hall–Kier alpha value is 0.370. The summed E-state index contributed by atoms with van der Waals surface area (Å²) in [4.78, 5) is 0. The SMILES string of the molecule is FC(F)C(F)(Cl)CCl. The van der Waals surface area contributed by atoms with Crippen LogP contribution in [0.3, 0.4) is 0 Å². The summed E-state index contributed by atoms with van der Waals surface area (Å²) >= 11 is 9.21. The predicted octanol–water partition coefficient (Wildman–Crippen LogP) is 2.39. The molecule has 5 heteroatoms. The van der Waals surface area contributed by atoms with Crippen molar-refractivity contribution in [3.63, 3.8) is 0 Å². The standard InChI is InChI=1S/C3H3Cl2F3/c4-1-3(5,8)2(6)7/h2H,1H2. The Morgan fingerprint density at radius 2 is 1.88 bits per heavy atom. The molecule has 0 bridgehead atoms. The second kappa shape index (κ2) is 2.78. The number of alkyl halides is 5. The molecule has 0 radical (unpaired) electrons. The van der Waals surface area contributed by atoms with Gasteiger partial charge in [-0.3, -0.25) is 0 Å². The third kappa shape index (κ3) is 2.09. The van der Waals surface area contributed by atoms with Crippen molar-refractivity contribution in [2.24, 2.45) is 0 Å². The summed E-state index contributed by atoms with van der Waals surface area (Å²) in [5.74, 6) is -0.897. The zero-order chi connectivity index (χ0) is 6.78. The Bertz CT molecular complexity index is 72.9.